The number of ether oxygens (including phenoxy) is 1. The number of aliphatic hydroxyl groups excluding tert-OH is 1. The lowest BCUT2D eigenvalue weighted by molar-refractivity contribution is -0.129. The van der Waals surface area contributed by atoms with Crippen LogP contribution in [0.25, 0.3) is 0 Å². The molecule has 0 aliphatic carbocycles. The molecule has 3 atom stereocenters. The van der Waals surface area contributed by atoms with Crippen molar-refractivity contribution in [3.05, 3.63) is 69.2 Å². The van der Waals surface area contributed by atoms with E-state index in [2.05, 4.69) is 21.2 Å². The molecular formula is C21H23BrClNO3. The highest BCUT2D eigenvalue weighted by Crippen LogP contribution is 2.44. The minimum atomic E-state index is -0.443. The van der Waals surface area contributed by atoms with Crippen molar-refractivity contribution >= 4 is 33.4 Å². The van der Waals surface area contributed by atoms with Gasteiger partial charge in [-0.3, -0.25) is 4.79 Å². The molecule has 1 fully saturated rings. The van der Waals surface area contributed by atoms with Gasteiger partial charge < -0.3 is 15.2 Å². The van der Waals surface area contributed by atoms with Gasteiger partial charge in [0.2, 0.25) is 5.91 Å². The number of hydrogen-bond donors (Lipinski definition) is 2. The predicted octanol–water partition coefficient (Wildman–Crippen LogP) is 4.95. The van der Waals surface area contributed by atoms with Crippen LogP contribution in [-0.4, -0.2) is 23.2 Å². The molecule has 1 amide bonds. The van der Waals surface area contributed by atoms with Crippen LogP contribution in [-0.2, 0) is 9.53 Å². The zero-order valence-corrected chi connectivity index (χ0v) is 17.5. The van der Waals surface area contributed by atoms with E-state index >= 15 is 0 Å². The van der Waals surface area contributed by atoms with Crippen LogP contribution in [0.1, 0.15) is 49.5 Å². The fourth-order valence-corrected chi connectivity index (χ4v) is 4.12. The summed E-state index contributed by atoms with van der Waals surface area (Å²) in [5, 5.41) is 12.8. The molecule has 0 radical (unpaired) electrons. The molecule has 1 heterocycles. The van der Waals surface area contributed by atoms with Gasteiger partial charge in [-0.15, -0.1) is 0 Å². The van der Waals surface area contributed by atoms with Gasteiger partial charge in [-0.25, -0.2) is 0 Å². The summed E-state index contributed by atoms with van der Waals surface area (Å²) in [7, 11) is 0. The number of nitrogens with one attached hydrogen (secondary N) is 1. The second kappa shape index (κ2) is 8.74. The number of benzene rings is 2. The molecule has 3 rings (SSSR count). The largest absolute Gasteiger partial charge is 0.396 e. The van der Waals surface area contributed by atoms with Crippen LogP contribution in [0.2, 0.25) is 5.02 Å². The molecule has 0 spiro atoms. The third-order valence-corrected chi connectivity index (χ3v) is 5.59. The molecule has 0 saturated carbocycles. The van der Waals surface area contributed by atoms with Crippen molar-refractivity contribution in [2.24, 2.45) is 0 Å². The van der Waals surface area contributed by atoms with Gasteiger partial charge in [0.05, 0.1) is 18.8 Å². The first-order valence-corrected chi connectivity index (χ1v) is 10.1. The van der Waals surface area contributed by atoms with Gasteiger partial charge in [-0.2, -0.15) is 0 Å². The van der Waals surface area contributed by atoms with Gasteiger partial charge in [-0.1, -0.05) is 51.8 Å². The van der Waals surface area contributed by atoms with Crippen molar-refractivity contribution < 1.29 is 14.6 Å². The van der Waals surface area contributed by atoms with E-state index in [9.17, 15) is 4.79 Å². The molecule has 0 unspecified atom stereocenters. The third kappa shape index (κ3) is 5.32. The van der Waals surface area contributed by atoms with Crippen molar-refractivity contribution in [3.63, 3.8) is 0 Å². The molecule has 6 heteroatoms. The Balaban J connectivity index is 1.90. The summed E-state index contributed by atoms with van der Waals surface area (Å²) >= 11 is 9.54. The van der Waals surface area contributed by atoms with E-state index in [1.807, 2.05) is 55.5 Å². The van der Waals surface area contributed by atoms with Gasteiger partial charge in [-0.05, 0) is 42.3 Å². The molecule has 0 bridgehead atoms. The maximum Gasteiger partial charge on any atom is 0.222 e. The lowest BCUT2D eigenvalue weighted by Gasteiger charge is -2.43. The van der Waals surface area contributed by atoms with Crippen molar-refractivity contribution in [3.8, 4) is 0 Å². The molecule has 1 aliphatic rings. The molecule has 144 valence electrons. The molecule has 27 heavy (non-hydrogen) atoms. The standard InChI is InChI=1S/C21H23BrClNO3/c1-21(24-20(26)9-10-25)12-18(14-5-7-17(23)8-6-14)27-19(13-21)15-3-2-4-16(22)11-15/h2-8,11,18-19,25H,9-10,12-13H2,1H3,(H,24,26)/t18-,19+,21+/m0/s1. The SMILES string of the molecule is C[C@@]1(NC(=O)CCO)C[C@@H](c2ccc(Cl)cc2)O[C@@H](c2cccc(Br)c2)C1. The number of carbonyl (C=O) groups excluding carboxylic acids is 1. The summed E-state index contributed by atoms with van der Waals surface area (Å²) < 4.78 is 7.41. The Morgan fingerprint density at radius 1 is 1.22 bits per heavy atom. The summed E-state index contributed by atoms with van der Waals surface area (Å²) in [4.78, 5) is 12.2. The first-order chi connectivity index (χ1) is 12.9. The van der Waals surface area contributed by atoms with Crippen molar-refractivity contribution in [1.29, 1.82) is 0 Å². The van der Waals surface area contributed by atoms with Gasteiger partial charge in [0.25, 0.3) is 0 Å². The molecule has 2 aromatic carbocycles. The Hall–Kier alpha value is -1.40. The molecule has 1 aliphatic heterocycles. The minimum absolute atomic E-state index is 0.101. The molecule has 2 N–H and O–H groups in total. The van der Waals surface area contributed by atoms with Gasteiger partial charge in [0, 0.05) is 34.3 Å². The predicted molar refractivity (Wildman–Crippen MR) is 110 cm³/mol. The molecule has 0 aromatic heterocycles. The van der Waals surface area contributed by atoms with E-state index in [-0.39, 0.29) is 31.1 Å². The van der Waals surface area contributed by atoms with Crippen LogP contribution in [0.3, 0.4) is 0 Å². The topological polar surface area (TPSA) is 58.6 Å². The van der Waals surface area contributed by atoms with Crippen molar-refractivity contribution in [2.75, 3.05) is 6.61 Å². The van der Waals surface area contributed by atoms with Gasteiger partial charge >= 0.3 is 0 Å². The Morgan fingerprint density at radius 2 is 1.89 bits per heavy atom. The number of rotatable bonds is 5. The first-order valence-electron chi connectivity index (χ1n) is 8.97. The first kappa shape index (κ1) is 20.3. The fraction of sp³-hybridized carbons (Fsp3) is 0.381. The highest BCUT2D eigenvalue weighted by Gasteiger charge is 2.40. The van der Waals surface area contributed by atoms with E-state index in [0.29, 0.717) is 17.9 Å². The second-order valence-electron chi connectivity index (χ2n) is 7.21. The average molecular weight is 453 g/mol. The summed E-state index contributed by atoms with van der Waals surface area (Å²) in [5.74, 6) is -0.148. The van der Waals surface area contributed by atoms with Gasteiger partial charge in [0.1, 0.15) is 0 Å². The molecular weight excluding hydrogens is 430 g/mol. The number of carbonyl (C=O) groups is 1. The summed E-state index contributed by atoms with van der Waals surface area (Å²) in [6, 6.07) is 15.7. The van der Waals surface area contributed by atoms with Gasteiger partial charge in [0.15, 0.2) is 0 Å². The van der Waals surface area contributed by atoms with E-state index in [1.165, 1.54) is 0 Å². The summed E-state index contributed by atoms with van der Waals surface area (Å²) in [6.07, 6.45) is 1.08. The maximum absolute atomic E-state index is 12.2. The molecule has 2 aromatic rings. The van der Waals surface area contributed by atoms with E-state index in [1.54, 1.807) is 0 Å². The van der Waals surface area contributed by atoms with Crippen molar-refractivity contribution in [1.82, 2.24) is 5.32 Å². The van der Waals surface area contributed by atoms with Crippen LogP contribution in [0.4, 0.5) is 0 Å². The summed E-state index contributed by atoms with van der Waals surface area (Å²) in [5.41, 5.74) is 1.65. The van der Waals surface area contributed by atoms with Crippen LogP contribution < -0.4 is 5.32 Å². The summed E-state index contributed by atoms with van der Waals surface area (Å²) in [6.45, 7) is 1.88. The van der Waals surface area contributed by atoms with Crippen LogP contribution in [0, 0.1) is 0 Å². The Morgan fingerprint density at radius 3 is 2.52 bits per heavy atom. The lowest BCUT2D eigenvalue weighted by atomic mass is 9.81. The molecule has 1 saturated heterocycles. The fourth-order valence-electron chi connectivity index (χ4n) is 3.58. The highest BCUT2D eigenvalue weighted by molar-refractivity contribution is 9.10. The Labute approximate surface area is 173 Å². The van der Waals surface area contributed by atoms with Crippen LogP contribution in [0.5, 0.6) is 0 Å². The lowest BCUT2D eigenvalue weighted by Crippen LogP contribution is -2.51. The van der Waals surface area contributed by atoms with E-state index in [4.69, 9.17) is 21.4 Å². The van der Waals surface area contributed by atoms with Crippen LogP contribution >= 0.6 is 27.5 Å². The maximum atomic E-state index is 12.2. The smallest absolute Gasteiger partial charge is 0.222 e. The average Bonchev–Trinajstić information content (AvgIpc) is 2.61. The zero-order valence-electron chi connectivity index (χ0n) is 15.1. The second-order valence-corrected chi connectivity index (χ2v) is 8.56. The zero-order chi connectivity index (χ0) is 19.4. The van der Waals surface area contributed by atoms with E-state index < -0.39 is 5.54 Å². The number of hydrogen-bond acceptors (Lipinski definition) is 3. The third-order valence-electron chi connectivity index (χ3n) is 4.84. The minimum Gasteiger partial charge on any atom is -0.396 e. The Bertz CT molecular complexity index is 798. The molecule has 4 nitrogen and oxygen atoms in total. The quantitative estimate of drug-likeness (QED) is 0.674. The van der Waals surface area contributed by atoms with Crippen molar-refractivity contribution in [2.45, 2.75) is 43.9 Å². The van der Waals surface area contributed by atoms with Crippen LogP contribution in [0.15, 0.2) is 53.0 Å². The monoisotopic (exact) mass is 451 g/mol. The van der Waals surface area contributed by atoms with E-state index in [0.717, 1.165) is 15.6 Å². The Kier molecular flexibility index (Phi) is 6.58. The highest BCUT2D eigenvalue weighted by atomic mass is 79.9. The normalized spacial score (nSPS) is 25.2. The number of amides is 1. The number of halogens is 2. The number of aliphatic hydroxyl groups is 1.